The van der Waals surface area contributed by atoms with Crippen molar-refractivity contribution in [3.8, 4) is 5.88 Å². The minimum absolute atomic E-state index is 0.0166. The largest absolute Gasteiger partial charge is 0.472 e. The zero-order valence-corrected chi connectivity index (χ0v) is 12.8. The second-order valence-corrected chi connectivity index (χ2v) is 6.50. The lowest BCUT2D eigenvalue weighted by molar-refractivity contribution is 0.0531. The normalized spacial score (nSPS) is 18.5. The van der Waals surface area contributed by atoms with E-state index in [4.69, 9.17) is 16.3 Å². The van der Waals surface area contributed by atoms with E-state index in [2.05, 4.69) is 9.97 Å². The van der Waals surface area contributed by atoms with Crippen molar-refractivity contribution >= 4 is 28.8 Å². The van der Waals surface area contributed by atoms with E-state index in [1.807, 2.05) is 4.90 Å². The topological polar surface area (TPSA) is 55.3 Å². The lowest BCUT2D eigenvalue weighted by Gasteiger charge is -2.32. The highest BCUT2D eigenvalue weighted by Crippen LogP contribution is 2.24. The van der Waals surface area contributed by atoms with Gasteiger partial charge in [0.2, 0.25) is 5.88 Å². The highest BCUT2D eigenvalue weighted by Gasteiger charge is 2.26. The molecule has 1 aliphatic heterocycles. The second-order valence-electron chi connectivity index (χ2n) is 4.78. The van der Waals surface area contributed by atoms with Gasteiger partial charge >= 0.3 is 0 Å². The monoisotopic (exact) mass is 323 g/mol. The van der Waals surface area contributed by atoms with E-state index >= 15 is 0 Å². The van der Waals surface area contributed by atoms with Crippen molar-refractivity contribution in [1.82, 2.24) is 14.9 Å². The number of thiophene rings is 1. The summed E-state index contributed by atoms with van der Waals surface area (Å²) in [5.41, 5.74) is 0. The van der Waals surface area contributed by atoms with Gasteiger partial charge in [-0.2, -0.15) is 0 Å². The molecule has 0 aliphatic carbocycles. The van der Waals surface area contributed by atoms with Gasteiger partial charge in [-0.05, 0) is 25.0 Å². The average molecular weight is 324 g/mol. The summed E-state index contributed by atoms with van der Waals surface area (Å²) in [5.74, 6) is 0.561. The predicted molar refractivity (Wildman–Crippen MR) is 80.9 cm³/mol. The van der Waals surface area contributed by atoms with Crippen LogP contribution in [-0.4, -0.2) is 40.0 Å². The van der Waals surface area contributed by atoms with Crippen LogP contribution in [0.2, 0.25) is 4.34 Å². The molecular weight excluding hydrogens is 310 g/mol. The molecule has 5 nitrogen and oxygen atoms in total. The van der Waals surface area contributed by atoms with Crippen molar-refractivity contribution in [2.75, 3.05) is 13.1 Å². The minimum atomic E-state index is -0.0342. The smallest absolute Gasteiger partial charge is 0.264 e. The van der Waals surface area contributed by atoms with Gasteiger partial charge in [0.1, 0.15) is 12.4 Å². The van der Waals surface area contributed by atoms with E-state index in [-0.39, 0.29) is 12.0 Å². The summed E-state index contributed by atoms with van der Waals surface area (Å²) in [5, 5.41) is 0. The summed E-state index contributed by atoms with van der Waals surface area (Å²) in [7, 11) is 0. The van der Waals surface area contributed by atoms with Gasteiger partial charge in [-0.15, -0.1) is 11.3 Å². The number of rotatable bonds is 3. The maximum atomic E-state index is 12.4. The van der Waals surface area contributed by atoms with Crippen LogP contribution in [0.1, 0.15) is 22.5 Å². The Morgan fingerprint density at radius 1 is 1.43 bits per heavy atom. The van der Waals surface area contributed by atoms with Crippen LogP contribution in [0.25, 0.3) is 0 Å². The van der Waals surface area contributed by atoms with Crippen LogP contribution in [0, 0.1) is 0 Å². The maximum Gasteiger partial charge on any atom is 0.264 e. The van der Waals surface area contributed by atoms with E-state index < -0.39 is 0 Å². The van der Waals surface area contributed by atoms with Gasteiger partial charge < -0.3 is 9.64 Å². The molecule has 0 radical (unpaired) electrons. The van der Waals surface area contributed by atoms with E-state index in [9.17, 15) is 4.79 Å². The summed E-state index contributed by atoms with van der Waals surface area (Å²) in [4.78, 5) is 22.8. The Kier molecular flexibility index (Phi) is 4.36. The van der Waals surface area contributed by atoms with Crippen LogP contribution in [0.15, 0.2) is 30.7 Å². The van der Waals surface area contributed by atoms with Gasteiger partial charge in [-0.3, -0.25) is 4.79 Å². The number of hydrogen-bond donors (Lipinski definition) is 0. The first-order valence-electron chi connectivity index (χ1n) is 6.69. The molecule has 0 N–H and O–H groups in total. The molecule has 0 bridgehead atoms. The Morgan fingerprint density at radius 2 is 2.33 bits per heavy atom. The Morgan fingerprint density at radius 3 is 3.05 bits per heavy atom. The lowest BCUT2D eigenvalue weighted by atomic mass is 10.1. The van der Waals surface area contributed by atoms with Crippen molar-refractivity contribution in [3.63, 3.8) is 0 Å². The van der Waals surface area contributed by atoms with Crippen molar-refractivity contribution in [1.29, 1.82) is 0 Å². The third-order valence-electron chi connectivity index (χ3n) is 3.29. The molecule has 0 spiro atoms. The number of halogens is 1. The number of aromatic nitrogens is 2. The molecule has 2 aromatic heterocycles. The first-order chi connectivity index (χ1) is 10.2. The van der Waals surface area contributed by atoms with E-state index in [0.717, 1.165) is 19.4 Å². The van der Waals surface area contributed by atoms with E-state index in [1.165, 1.54) is 17.7 Å². The van der Waals surface area contributed by atoms with Crippen molar-refractivity contribution in [3.05, 3.63) is 39.9 Å². The fraction of sp³-hybridized carbons (Fsp3) is 0.357. The van der Waals surface area contributed by atoms with Crippen LogP contribution in [-0.2, 0) is 0 Å². The number of carbonyl (C=O) groups excluding carboxylic acids is 1. The molecule has 1 amide bonds. The number of nitrogens with zero attached hydrogens (tertiary/aromatic N) is 3. The quantitative estimate of drug-likeness (QED) is 0.871. The molecule has 0 aromatic carbocycles. The third-order valence-corrected chi connectivity index (χ3v) is 4.51. The van der Waals surface area contributed by atoms with Crippen LogP contribution < -0.4 is 4.74 Å². The fourth-order valence-electron chi connectivity index (χ4n) is 2.32. The fourth-order valence-corrected chi connectivity index (χ4v) is 3.33. The molecule has 110 valence electrons. The van der Waals surface area contributed by atoms with Gasteiger partial charge in [0.25, 0.3) is 5.91 Å². The molecule has 1 aliphatic rings. The second kappa shape index (κ2) is 6.41. The van der Waals surface area contributed by atoms with Crippen LogP contribution in [0.3, 0.4) is 0 Å². The molecule has 1 fully saturated rings. The SMILES string of the molecule is O=C(c1ccc(Cl)s1)N1CCC[C@@H](Oc2ccncn2)C1. The average Bonchev–Trinajstić information content (AvgIpc) is 2.94. The minimum Gasteiger partial charge on any atom is -0.472 e. The Labute approximate surface area is 131 Å². The van der Waals surface area contributed by atoms with Gasteiger partial charge in [0, 0.05) is 18.8 Å². The van der Waals surface area contributed by atoms with Gasteiger partial charge in [0.05, 0.1) is 15.8 Å². The number of ether oxygens (including phenoxy) is 1. The number of hydrogen-bond acceptors (Lipinski definition) is 5. The van der Waals surface area contributed by atoms with Gasteiger partial charge in [0.15, 0.2) is 0 Å². The number of carbonyl (C=O) groups is 1. The number of likely N-dealkylation sites (tertiary alicyclic amines) is 1. The van der Waals surface area contributed by atoms with Crippen molar-refractivity contribution in [2.45, 2.75) is 18.9 Å². The Bertz CT molecular complexity index is 620. The van der Waals surface area contributed by atoms with Crippen molar-refractivity contribution in [2.24, 2.45) is 0 Å². The maximum absolute atomic E-state index is 12.4. The summed E-state index contributed by atoms with van der Waals surface area (Å²) in [6.45, 7) is 1.32. The molecule has 21 heavy (non-hydrogen) atoms. The molecule has 2 aromatic rings. The predicted octanol–water partition coefficient (Wildman–Crippen LogP) is 2.88. The number of piperidine rings is 1. The van der Waals surface area contributed by atoms with Crippen LogP contribution >= 0.6 is 22.9 Å². The summed E-state index contributed by atoms with van der Waals surface area (Å²) in [6.07, 6.45) is 4.89. The van der Waals surface area contributed by atoms with Crippen LogP contribution in [0.4, 0.5) is 0 Å². The molecule has 1 saturated heterocycles. The standard InChI is InChI=1S/C14H14ClN3O2S/c15-12-4-3-11(21-12)14(19)18-7-1-2-10(8-18)20-13-5-6-16-9-17-13/h3-6,9-10H,1-2,7-8H2/t10-/m1/s1. The molecular formula is C14H14ClN3O2S. The molecule has 7 heteroatoms. The van der Waals surface area contributed by atoms with Crippen LogP contribution in [0.5, 0.6) is 5.88 Å². The zero-order valence-electron chi connectivity index (χ0n) is 11.2. The molecule has 3 rings (SSSR count). The molecule has 1 atom stereocenters. The number of amides is 1. The zero-order chi connectivity index (χ0) is 14.7. The first-order valence-corrected chi connectivity index (χ1v) is 7.89. The molecule has 0 unspecified atom stereocenters. The summed E-state index contributed by atoms with van der Waals surface area (Å²) >= 11 is 7.20. The lowest BCUT2D eigenvalue weighted by Crippen LogP contribution is -2.44. The highest BCUT2D eigenvalue weighted by atomic mass is 35.5. The Balaban J connectivity index is 1.64. The van der Waals surface area contributed by atoms with E-state index in [0.29, 0.717) is 21.6 Å². The Hall–Kier alpha value is -1.66. The van der Waals surface area contributed by atoms with E-state index in [1.54, 1.807) is 24.4 Å². The molecule has 0 saturated carbocycles. The first kappa shape index (κ1) is 14.3. The molecule has 3 heterocycles. The highest BCUT2D eigenvalue weighted by molar-refractivity contribution is 7.17. The van der Waals surface area contributed by atoms with Gasteiger partial charge in [-0.25, -0.2) is 9.97 Å². The van der Waals surface area contributed by atoms with Gasteiger partial charge in [-0.1, -0.05) is 11.6 Å². The van der Waals surface area contributed by atoms with Crippen molar-refractivity contribution < 1.29 is 9.53 Å². The third kappa shape index (κ3) is 3.51. The summed E-state index contributed by atoms with van der Waals surface area (Å²) in [6, 6.07) is 5.24. The summed E-state index contributed by atoms with van der Waals surface area (Å²) < 4.78 is 6.44.